The van der Waals surface area contributed by atoms with Crippen LogP contribution in [-0.2, 0) is 11.2 Å². The quantitative estimate of drug-likeness (QED) is 0.778. The minimum atomic E-state index is 0.322. The topological polar surface area (TPSA) is 34.9 Å². The minimum Gasteiger partial charge on any atom is -0.299 e. The Labute approximate surface area is 116 Å². The third kappa shape index (κ3) is 4.19. The lowest BCUT2D eigenvalue weighted by Crippen LogP contribution is -2.14. The molecule has 1 aliphatic rings. The molecule has 0 N–H and O–H groups in total. The first-order valence-corrected chi connectivity index (χ1v) is 7.74. The standard InChI is InChI=1S/C16H26N2O/c1-3-13(2)11-16(19)12-14-9-10-18(17-14)15-7-5-4-6-8-15/h9-10,13,15H,3-8,11-12H2,1-2H3. The first-order valence-electron chi connectivity index (χ1n) is 7.74. The predicted octanol–water partition coefficient (Wildman–Crippen LogP) is 3.94. The van der Waals surface area contributed by atoms with Gasteiger partial charge in [-0.2, -0.15) is 5.10 Å². The van der Waals surface area contributed by atoms with Crippen LogP contribution in [0.15, 0.2) is 12.3 Å². The van der Waals surface area contributed by atoms with Gasteiger partial charge in [0.2, 0.25) is 0 Å². The Hall–Kier alpha value is -1.12. The third-order valence-electron chi connectivity index (χ3n) is 4.26. The Morgan fingerprint density at radius 2 is 2.16 bits per heavy atom. The molecular formula is C16H26N2O. The summed E-state index contributed by atoms with van der Waals surface area (Å²) in [6, 6.07) is 2.58. The highest BCUT2D eigenvalue weighted by atomic mass is 16.1. The molecule has 0 aliphatic heterocycles. The SMILES string of the molecule is CCC(C)CC(=O)Cc1ccn(C2CCCCC2)n1. The zero-order chi connectivity index (χ0) is 13.7. The average Bonchev–Trinajstić information content (AvgIpc) is 2.88. The maximum Gasteiger partial charge on any atom is 0.139 e. The molecular weight excluding hydrogens is 236 g/mol. The molecule has 1 heterocycles. The second kappa shape index (κ2) is 6.88. The third-order valence-corrected chi connectivity index (χ3v) is 4.26. The van der Waals surface area contributed by atoms with Gasteiger partial charge < -0.3 is 0 Å². The molecule has 0 bridgehead atoms. The summed E-state index contributed by atoms with van der Waals surface area (Å²) in [4.78, 5) is 11.9. The Morgan fingerprint density at radius 1 is 1.42 bits per heavy atom. The van der Waals surface area contributed by atoms with Crippen molar-refractivity contribution in [1.29, 1.82) is 0 Å². The summed E-state index contributed by atoms with van der Waals surface area (Å²) in [5.74, 6) is 0.816. The Bertz CT molecular complexity index is 405. The molecule has 1 aliphatic carbocycles. The number of nitrogens with zero attached hydrogens (tertiary/aromatic N) is 2. The number of aromatic nitrogens is 2. The molecule has 0 aromatic carbocycles. The smallest absolute Gasteiger partial charge is 0.139 e. The molecule has 2 rings (SSSR count). The maximum absolute atomic E-state index is 11.9. The van der Waals surface area contributed by atoms with E-state index in [4.69, 9.17) is 0 Å². The van der Waals surface area contributed by atoms with Gasteiger partial charge in [0.1, 0.15) is 5.78 Å². The Kier molecular flexibility index (Phi) is 5.17. The van der Waals surface area contributed by atoms with Crippen LogP contribution in [0.5, 0.6) is 0 Å². The number of ketones is 1. The van der Waals surface area contributed by atoms with Crippen molar-refractivity contribution >= 4 is 5.78 Å². The summed E-state index contributed by atoms with van der Waals surface area (Å²) in [5, 5.41) is 4.60. The number of Topliss-reactive ketones (excluding diaryl/α,β-unsaturated/α-hetero) is 1. The number of carbonyl (C=O) groups is 1. The number of carbonyl (C=O) groups excluding carboxylic acids is 1. The van der Waals surface area contributed by atoms with E-state index in [1.54, 1.807) is 0 Å². The van der Waals surface area contributed by atoms with Gasteiger partial charge in [-0.1, -0.05) is 39.5 Å². The van der Waals surface area contributed by atoms with Crippen LogP contribution in [0.3, 0.4) is 0 Å². The van der Waals surface area contributed by atoms with E-state index in [1.807, 2.05) is 6.07 Å². The highest BCUT2D eigenvalue weighted by molar-refractivity contribution is 5.80. The molecule has 1 aromatic heterocycles. The molecule has 1 aromatic rings. The molecule has 1 atom stereocenters. The predicted molar refractivity (Wildman–Crippen MR) is 77.1 cm³/mol. The van der Waals surface area contributed by atoms with Gasteiger partial charge in [-0.05, 0) is 24.8 Å². The zero-order valence-electron chi connectivity index (χ0n) is 12.3. The number of hydrogen-bond acceptors (Lipinski definition) is 2. The largest absolute Gasteiger partial charge is 0.299 e. The van der Waals surface area contributed by atoms with Crippen LogP contribution < -0.4 is 0 Å². The van der Waals surface area contributed by atoms with Gasteiger partial charge in [-0.25, -0.2) is 0 Å². The lowest BCUT2D eigenvalue weighted by atomic mass is 9.96. The van der Waals surface area contributed by atoms with Crippen LogP contribution in [0, 0.1) is 5.92 Å². The van der Waals surface area contributed by atoms with E-state index in [0.29, 0.717) is 30.6 Å². The van der Waals surface area contributed by atoms with E-state index in [2.05, 4.69) is 29.8 Å². The van der Waals surface area contributed by atoms with Gasteiger partial charge in [0, 0.05) is 12.6 Å². The molecule has 0 saturated heterocycles. The Morgan fingerprint density at radius 3 is 2.84 bits per heavy atom. The second-order valence-electron chi connectivity index (χ2n) is 6.01. The van der Waals surface area contributed by atoms with Crippen LogP contribution in [0.2, 0.25) is 0 Å². The van der Waals surface area contributed by atoms with E-state index in [0.717, 1.165) is 12.1 Å². The average molecular weight is 262 g/mol. The fourth-order valence-electron chi connectivity index (χ4n) is 2.83. The van der Waals surface area contributed by atoms with Gasteiger partial charge >= 0.3 is 0 Å². The number of rotatable bonds is 6. The van der Waals surface area contributed by atoms with Crippen molar-refractivity contribution in [1.82, 2.24) is 9.78 Å². The first-order chi connectivity index (χ1) is 9.19. The summed E-state index contributed by atoms with van der Waals surface area (Å²) in [5.41, 5.74) is 0.943. The Balaban J connectivity index is 1.88. The summed E-state index contributed by atoms with van der Waals surface area (Å²) in [6.45, 7) is 4.27. The molecule has 1 fully saturated rings. The van der Waals surface area contributed by atoms with Crippen LogP contribution in [-0.4, -0.2) is 15.6 Å². The van der Waals surface area contributed by atoms with Crippen LogP contribution >= 0.6 is 0 Å². The molecule has 0 spiro atoms. The zero-order valence-corrected chi connectivity index (χ0v) is 12.3. The van der Waals surface area contributed by atoms with Gasteiger partial charge in [0.05, 0.1) is 18.2 Å². The van der Waals surface area contributed by atoms with Crippen molar-refractivity contribution in [3.8, 4) is 0 Å². The van der Waals surface area contributed by atoms with Gasteiger partial charge in [0.15, 0.2) is 0 Å². The van der Waals surface area contributed by atoms with E-state index in [1.165, 1.54) is 32.1 Å². The molecule has 0 amide bonds. The normalized spacial score (nSPS) is 18.4. The van der Waals surface area contributed by atoms with Crippen molar-refractivity contribution in [2.75, 3.05) is 0 Å². The summed E-state index contributed by atoms with van der Waals surface area (Å²) in [7, 11) is 0. The van der Waals surface area contributed by atoms with Crippen molar-refractivity contribution in [2.24, 2.45) is 5.92 Å². The summed E-state index contributed by atoms with van der Waals surface area (Å²) >= 11 is 0. The van der Waals surface area contributed by atoms with Gasteiger partial charge in [-0.15, -0.1) is 0 Å². The van der Waals surface area contributed by atoms with Crippen molar-refractivity contribution in [3.05, 3.63) is 18.0 Å². The summed E-state index contributed by atoms with van der Waals surface area (Å²) in [6.07, 6.45) is 10.8. The highest BCUT2D eigenvalue weighted by Crippen LogP contribution is 2.27. The van der Waals surface area contributed by atoms with E-state index in [9.17, 15) is 4.79 Å². The monoisotopic (exact) mass is 262 g/mol. The van der Waals surface area contributed by atoms with Crippen molar-refractivity contribution in [3.63, 3.8) is 0 Å². The van der Waals surface area contributed by atoms with E-state index in [-0.39, 0.29) is 0 Å². The lowest BCUT2D eigenvalue weighted by molar-refractivity contribution is -0.119. The maximum atomic E-state index is 11.9. The molecule has 1 saturated carbocycles. The molecule has 1 unspecified atom stereocenters. The summed E-state index contributed by atoms with van der Waals surface area (Å²) < 4.78 is 2.09. The van der Waals surface area contributed by atoms with Gasteiger partial charge in [-0.3, -0.25) is 9.48 Å². The number of hydrogen-bond donors (Lipinski definition) is 0. The van der Waals surface area contributed by atoms with Crippen LogP contribution in [0.25, 0.3) is 0 Å². The molecule has 19 heavy (non-hydrogen) atoms. The molecule has 0 radical (unpaired) electrons. The van der Waals surface area contributed by atoms with Crippen LogP contribution in [0.4, 0.5) is 0 Å². The molecule has 3 heteroatoms. The lowest BCUT2D eigenvalue weighted by Gasteiger charge is -2.21. The van der Waals surface area contributed by atoms with E-state index < -0.39 is 0 Å². The minimum absolute atomic E-state index is 0.322. The van der Waals surface area contributed by atoms with E-state index >= 15 is 0 Å². The fraction of sp³-hybridized carbons (Fsp3) is 0.750. The van der Waals surface area contributed by atoms with Crippen molar-refractivity contribution < 1.29 is 4.79 Å². The van der Waals surface area contributed by atoms with Gasteiger partial charge in [0.25, 0.3) is 0 Å². The first kappa shape index (κ1) is 14.3. The van der Waals surface area contributed by atoms with Crippen molar-refractivity contribution in [2.45, 2.75) is 71.3 Å². The molecule has 3 nitrogen and oxygen atoms in total. The second-order valence-corrected chi connectivity index (χ2v) is 6.01. The highest BCUT2D eigenvalue weighted by Gasteiger charge is 2.17. The fourth-order valence-corrected chi connectivity index (χ4v) is 2.83. The van der Waals surface area contributed by atoms with Crippen LogP contribution in [0.1, 0.15) is 70.5 Å². The molecule has 106 valence electrons.